The quantitative estimate of drug-likeness (QED) is 0.732. The number of hydrogen-bond acceptors (Lipinski definition) is 1. The second kappa shape index (κ2) is 4.01. The van der Waals surface area contributed by atoms with Crippen molar-refractivity contribution in [2.45, 2.75) is 6.92 Å². The average molecular weight is 211 g/mol. The van der Waals surface area contributed by atoms with E-state index in [0.29, 0.717) is 0 Å². The molecule has 0 aliphatic rings. The first-order valence-corrected chi connectivity index (χ1v) is 5.46. The Labute approximate surface area is 97.0 Å². The standard InChI is InChI=1S/C15H17N/c1-11-14(12(2)16(3)4)10-9-13-7-5-6-8-15(11)13/h5-10H,2H2,1,3-4H3. The molecule has 0 saturated carbocycles. The van der Waals surface area contributed by atoms with Crippen LogP contribution in [0.2, 0.25) is 0 Å². The Morgan fingerprint density at radius 1 is 1.06 bits per heavy atom. The summed E-state index contributed by atoms with van der Waals surface area (Å²) in [4.78, 5) is 2.05. The lowest BCUT2D eigenvalue weighted by atomic mass is 9.98. The Balaban J connectivity index is 2.65. The lowest BCUT2D eigenvalue weighted by Crippen LogP contribution is -2.09. The van der Waals surface area contributed by atoms with Gasteiger partial charge in [-0.1, -0.05) is 43.0 Å². The maximum atomic E-state index is 4.12. The Morgan fingerprint density at radius 3 is 2.44 bits per heavy atom. The molecule has 0 aliphatic heterocycles. The Kier molecular flexibility index (Phi) is 2.69. The summed E-state index contributed by atoms with van der Waals surface area (Å²) in [6, 6.07) is 12.8. The minimum absolute atomic E-state index is 1.06. The van der Waals surface area contributed by atoms with Crippen molar-refractivity contribution in [3.05, 3.63) is 54.1 Å². The first kappa shape index (κ1) is 10.7. The third-order valence-electron chi connectivity index (χ3n) is 3.05. The van der Waals surface area contributed by atoms with E-state index in [0.717, 1.165) is 5.70 Å². The molecule has 0 amide bonds. The van der Waals surface area contributed by atoms with Gasteiger partial charge in [-0.15, -0.1) is 0 Å². The van der Waals surface area contributed by atoms with Crippen LogP contribution in [0, 0.1) is 6.92 Å². The predicted octanol–water partition coefficient (Wildman–Crippen LogP) is 3.68. The molecule has 0 fully saturated rings. The average Bonchev–Trinajstić information content (AvgIpc) is 2.29. The molecular weight excluding hydrogens is 194 g/mol. The number of hydrogen-bond donors (Lipinski definition) is 0. The fourth-order valence-electron chi connectivity index (χ4n) is 1.98. The van der Waals surface area contributed by atoms with E-state index >= 15 is 0 Å². The molecule has 2 rings (SSSR count). The molecule has 0 N–H and O–H groups in total. The highest BCUT2D eigenvalue weighted by atomic mass is 15.1. The van der Waals surface area contributed by atoms with Gasteiger partial charge in [0.05, 0.1) is 0 Å². The largest absolute Gasteiger partial charge is 0.378 e. The molecule has 1 nitrogen and oxygen atoms in total. The smallest absolute Gasteiger partial charge is 0.0364 e. The highest BCUT2D eigenvalue weighted by molar-refractivity contribution is 5.89. The molecule has 82 valence electrons. The Hall–Kier alpha value is -1.76. The zero-order valence-corrected chi connectivity index (χ0v) is 10.1. The van der Waals surface area contributed by atoms with Gasteiger partial charge in [-0.05, 0) is 23.3 Å². The summed E-state index contributed by atoms with van der Waals surface area (Å²) in [7, 11) is 4.05. The fraction of sp³-hybridized carbons (Fsp3) is 0.200. The molecule has 2 aromatic carbocycles. The van der Waals surface area contributed by atoms with Crippen molar-refractivity contribution in [2.24, 2.45) is 0 Å². The monoisotopic (exact) mass is 211 g/mol. The van der Waals surface area contributed by atoms with Crippen LogP contribution in [-0.2, 0) is 0 Å². The lowest BCUT2D eigenvalue weighted by molar-refractivity contribution is 0.593. The third kappa shape index (κ3) is 1.69. The van der Waals surface area contributed by atoms with Gasteiger partial charge in [-0.2, -0.15) is 0 Å². The molecular formula is C15H17N. The zero-order valence-electron chi connectivity index (χ0n) is 10.1. The summed E-state index contributed by atoms with van der Waals surface area (Å²) in [6.45, 7) is 6.28. The molecule has 0 heterocycles. The summed E-state index contributed by atoms with van der Waals surface area (Å²) in [5, 5.41) is 2.60. The van der Waals surface area contributed by atoms with Crippen molar-refractivity contribution >= 4 is 16.5 Å². The van der Waals surface area contributed by atoms with Gasteiger partial charge in [-0.3, -0.25) is 0 Å². The molecule has 0 atom stereocenters. The van der Waals surface area contributed by atoms with Crippen molar-refractivity contribution < 1.29 is 0 Å². The molecule has 0 spiro atoms. The highest BCUT2D eigenvalue weighted by Crippen LogP contribution is 2.26. The van der Waals surface area contributed by atoms with Crippen molar-refractivity contribution in [1.29, 1.82) is 0 Å². The van der Waals surface area contributed by atoms with E-state index in [4.69, 9.17) is 0 Å². The first-order chi connectivity index (χ1) is 7.61. The number of rotatable bonds is 2. The van der Waals surface area contributed by atoms with Crippen LogP contribution in [-0.4, -0.2) is 19.0 Å². The van der Waals surface area contributed by atoms with E-state index in [1.54, 1.807) is 0 Å². The normalized spacial score (nSPS) is 10.4. The highest BCUT2D eigenvalue weighted by Gasteiger charge is 2.07. The molecule has 0 aromatic heterocycles. The Bertz CT molecular complexity index is 538. The summed E-state index contributed by atoms with van der Waals surface area (Å²) in [5.41, 5.74) is 3.59. The molecule has 0 bridgehead atoms. The van der Waals surface area contributed by atoms with Gasteiger partial charge in [0.2, 0.25) is 0 Å². The molecule has 2 aromatic rings. The van der Waals surface area contributed by atoms with Crippen LogP contribution in [0.5, 0.6) is 0 Å². The van der Waals surface area contributed by atoms with Gasteiger partial charge in [0.15, 0.2) is 0 Å². The third-order valence-corrected chi connectivity index (χ3v) is 3.05. The van der Waals surface area contributed by atoms with Crippen LogP contribution in [0.3, 0.4) is 0 Å². The van der Waals surface area contributed by atoms with Crippen molar-refractivity contribution in [2.75, 3.05) is 14.1 Å². The first-order valence-electron chi connectivity index (χ1n) is 5.46. The van der Waals surface area contributed by atoms with Gasteiger partial charge < -0.3 is 4.90 Å². The number of aryl methyl sites for hydroxylation is 1. The van der Waals surface area contributed by atoms with E-state index in [2.05, 4.69) is 54.8 Å². The Morgan fingerprint density at radius 2 is 1.75 bits per heavy atom. The minimum Gasteiger partial charge on any atom is -0.378 e. The summed E-state index contributed by atoms with van der Waals surface area (Å²) in [6.07, 6.45) is 0. The van der Waals surface area contributed by atoms with Gasteiger partial charge in [0, 0.05) is 25.4 Å². The molecule has 1 heteroatoms. The van der Waals surface area contributed by atoms with Crippen LogP contribution in [0.4, 0.5) is 0 Å². The SMILES string of the molecule is C=C(c1ccc2ccccc2c1C)N(C)C. The topological polar surface area (TPSA) is 3.24 Å². The number of nitrogens with zero attached hydrogens (tertiary/aromatic N) is 1. The van der Waals surface area contributed by atoms with Crippen molar-refractivity contribution in [1.82, 2.24) is 4.90 Å². The van der Waals surface area contributed by atoms with E-state index in [-0.39, 0.29) is 0 Å². The number of fused-ring (bicyclic) bond motifs is 1. The van der Waals surface area contributed by atoms with Crippen LogP contribution in [0.15, 0.2) is 43.0 Å². The van der Waals surface area contributed by atoms with Crippen LogP contribution < -0.4 is 0 Å². The minimum atomic E-state index is 1.06. The van der Waals surface area contributed by atoms with Gasteiger partial charge >= 0.3 is 0 Å². The van der Waals surface area contributed by atoms with Crippen molar-refractivity contribution in [3.63, 3.8) is 0 Å². The van der Waals surface area contributed by atoms with E-state index in [1.807, 2.05) is 14.1 Å². The summed E-state index contributed by atoms with van der Waals surface area (Å²) in [5.74, 6) is 0. The van der Waals surface area contributed by atoms with E-state index < -0.39 is 0 Å². The predicted molar refractivity (Wildman–Crippen MR) is 71.4 cm³/mol. The summed E-state index contributed by atoms with van der Waals surface area (Å²) < 4.78 is 0. The molecule has 0 saturated heterocycles. The van der Waals surface area contributed by atoms with Crippen LogP contribution in [0.1, 0.15) is 11.1 Å². The maximum Gasteiger partial charge on any atom is 0.0364 e. The van der Waals surface area contributed by atoms with Gasteiger partial charge in [-0.25, -0.2) is 0 Å². The van der Waals surface area contributed by atoms with Crippen molar-refractivity contribution in [3.8, 4) is 0 Å². The zero-order chi connectivity index (χ0) is 11.7. The number of benzene rings is 2. The molecule has 16 heavy (non-hydrogen) atoms. The van der Waals surface area contributed by atoms with E-state index in [9.17, 15) is 0 Å². The molecule has 0 unspecified atom stereocenters. The fourth-order valence-corrected chi connectivity index (χ4v) is 1.98. The van der Waals surface area contributed by atoms with E-state index in [1.165, 1.54) is 21.9 Å². The van der Waals surface area contributed by atoms with Gasteiger partial charge in [0.1, 0.15) is 0 Å². The maximum absolute atomic E-state index is 4.12. The second-order valence-corrected chi connectivity index (χ2v) is 4.30. The molecule has 0 aliphatic carbocycles. The second-order valence-electron chi connectivity index (χ2n) is 4.30. The molecule has 0 radical (unpaired) electrons. The summed E-state index contributed by atoms with van der Waals surface area (Å²) >= 11 is 0. The lowest BCUT2D eigenvalue weighted by Gasteiger charge is -2.18. The van der Waals surface area contributed by atoms with Gasteiger partial charge in [0.25, 0.3) is 0 Å². The van der Waals surface area contributed by atoms with Crippen LogP contribution >= 0.6 is 0 Å². The van der Waals surface area contributed by atoms with Crippen LogP contribution in [0.25, 0.3) is 16.5 Å².